The number of quaternary nitrogens is 1. The summed E-state index contributed by atoms with van der Waals surface area (Å²) in [6, 6.07) is 0. The molecule has 0 aliphatic rings. The number of hydrogen-bond acceptors (Lipinski definition) is 4. The monoisotopic (exact) mass is 581 g/mol. The molecule has 7 nitrogen and oxygen atoms in total. The molecule has 0 spiro atoms. The molecule has 41 heavy (non-hydrogen) atoms. The van der Waals surface area contributed by atoms with Crippen molar-refractivity contribution in [2.45, 2.75) is 143 Å². The summed E-state index contributed by atoms with van der Waals surface area (Å²) < 4.78 is 0.205. The average Bonchev–Trinajstić information content (AvgIpc) is 2.94. The molecule has 7 heteroatoms. The number of carbonyl (C=O) groups excluding carboxylic acids is 1. The van der Waals surface area contributed by atoms with Crippen LogP contribution in [0.4, 0.5) is 0 Å². The lowest BCUT2D eigenvalue weighted by Crippen LogP contribution is -2.59. The van der Waals surface area contributed by atoms with Gasteiger partial charge in [-0.3, -0.25) is 9.59 Å². The summed E-state index contributed by atoms with van der Waals surface area (Å²) in [5, 5.41) is 31.4. The van der Waals surface area contributed by atoms with Gasteiger partial charge in [0.1, 0.15) is 11.8 Å². The molecule has 0 saturated carbocycles. The third-order valence-corrected chi connectivity index (χ3v) is 8.73. The lowest BCUT2D eigenvalue weighted by Gasteiger charge is -2.44. The van der Waals surface area contributed by atoms with Crippen LogP contribution in [0.25, 0.3) is 0 Å². The zero-order valence-electron chi connectivity index (χ0n) is 26.9. The summed E-state index contributed by atoms with van der Waals surface area (Å²) in [5.41, 5.74) is 0. The summed E-state index contributed by atoms with van der Waals surface area (Å²) in [7, 11) is 0. The molecule has 0 aliphatic carbocycles. The van der Waals surface area contributed by atoms with Crippen molar-refractivity contribution in [3.05, 3.63) is 12.2 Å². The first-order valence-electron chi connectivity index (χ1n) is 16.8. The normalized spacial score (nSPS) is 15.4. The van der Waals surface area contributed by atoms with Crippen molar-refractivity contribution < 1.29 is 34.2 Å². The Bertz CT molecular complexity index is 662. The molecule has 0 amide bonds. The number of allylic oxidation sites excluding steroid dienone is 2. The number of carboxylic acids is 3. The second kappa shape index (κ2) is 24.7. The number of nitrogens with zero attached hydrogens (tertiary/aromatic N) is 1. The van der Waals surface area contributed by atoms with E-state index in [4.69, 9.17) is 0 Å². The molecular formula is C34H63NO6. The van der Waals surface area contributed by atoms with Gasteiger partial charge in [0.2, 0.25) is 0 Å². The largest absolute Gasteiger partial charge is 0.550 e. The van der Waals surface area contributed by atoms with Gasteiger partial charge in [0.25, 0.3) is 0 Å². The van der Waals surface area contributed by atoms with Gasteiger partial charge in [-0.05, 0) is 57.8 Å². The number of unbranched alkanes of at least 4 members (excludes halogenated alkanes) is 13. The smallest absolute Gasteiger partial charge is 0.312 e. The maximum Gasteiger partial charge on any atom is 0.312 e. The van der Waals surface area contributed by atoms with Crippen molar-refractivity contribution in [1.82, 2.24) is 0 Å². The fourth-order valence-electron chi connectivity index (χ4n) is 5.91. The maximum absolute atomic E-state index is 12.0. The van der Waals surface area contributed by atoms with E-state index >= 15 is 0 Å². The lowest BCUT2D eigenvalue weighted by molar-refractivity contribution is -0.935. The van der Waals surface area contributed by atoms with Gasteiger partial charge in [-0.1, -0.05) is 97.6 Å². The Morgan fingerprint density at radius 2 is 0.951 bits per heavy atom. The highest BCUT2D eigenvalue weighted by molar-refractivity contribution is 5.70. The third kappa shape index (κ3) is 19.0. The highest BCUT2D eigenvalue weighted by Gasteiger charge is 2.39. The van der Waals surface area contributed by atoms with E-state index in [9.17, 15) is 29.7 Å². The highest BCUT2D eigenvalue weighted by Crippen LogP contribution is 2.25. The summed E-state index contributed by atoms with van der Waals surface area (Å²) >= 11 is 0. The van der Waals surface area contributed by atoms with Gasteiger partial charge in [-0.25, -0.2) is 0 Å². The Balaban J connectivity index is 4.84. The predicted octanol–water partition coefficient (Wildman–Crippen LogP) is 7.23. The van der Waals surface area contributed by atoms with Gasteiger partial charge in [-0.15, -0.1) is 0 Å². The molecule has 0 aromatic carbocycles. The number of aliphatic carboxylic acids is 3. The van der Waals surface area contributed by atoms with Gasteiger partial charge >= 0.3 is 11.9 Å². The van der Waals surface area contributed by atoms with Crippen LogP contribution in [0.3, 0.4) is 0 Å². The fraction of sp³-hybridized carbons (Fsp3) is 0.853. The van der Waals surface area contributed by atoms with Crippen LogP contribution >= 0.6 is 0 Å². The van der Waals surface area contributed by atoms with Gasteiger partial charge < -0.3 is 24.6 Å². The van der Waals surface area contributed by atoms with Gasteiger partial charge in [0.15, 0.2) is 0 Å². The Morgan fingerprint density at radius 1 is 0.585 bits per heavy atom. The third-order valence-electron chi connectivity index (χ3n) is 8.73. The standard InChI is InChI=1S/C34H63NO6/c1-5-9-10-11-12-13-14-15-16-17-18-19-20-21-22-23-24-25-35(26-29(6-2)32(36)37,27-30(7-3)33(38)39)28-31(8-4)34(40)41/h19-20,29-31H,5-18,21-28H2,1-4H3,(H2-,36,37,38,39,40,41)/b20-19+. The molecule has 2 N–H and O–H groups in total. The molecule has 0 fully saturated rings. The number of carboxylic acid groups (broad SMARTS) is 3. The number of hydrogen-bond donors (Lipinski definition) is 2. The van der Waals surface area contributed by atoms with Crippen LogP contribution in [0.15, 0.2) is 12.2 Å². The second-order valence-electron chi connectivity index (χ2n) is 12.2. The van der Waals surface area contributed by atoms with Crippen molar-refractivity contribution in [2.24, 2.45) is 17.8 Å². The Morgan fingerprint density at radius 3 is 1.32 bits per heavy atom. The van der Waals surface area contributed by atoms with E-state index in [1.807, 2.05) is 13.8 Å². The molecule has 0 rings (SSSR count). The molecule has 0 heterocycles. The van der Waals surface area contributed by atoms with Gasteiger partial charge in [0, 0.05) is 5.92 Å². The summed E-state index contributed by atoms with van der Waals surface area (Å²) in [6.07, 6.45) is 24.1. The number of rotatable bonds is 29. The van der Waals surface area contributed by atoms with E-state index in [0.29, 0.717) is 25.8 Å². The molecule has 3 atom stereocenters. The summed E-state index contributed by atoms with van der Waals surface area (Å²) in [4.78, 5) is 35.8. The SMILES string of the molecule is CCCCCCCCCCCC/C=C/CCCCC[N+](CC(CC)C(=O)[O-])(CC(CC)C(=O)O)CC(CC)C(=O)O. The van der Waals surface area contributed by atoms with E-state index in [2.05, 4.69) is 19.1 Å². The molecule has 0 bridgehead atoms. The molecule has 0 saturated heterocycles. The molecule has 240 valence electrons. The minimum atomic E-state index is -1.14. The minimum absolute atomic E-state index is 0.205. The van der Waals surface area contributed by atoms with Gasteiger partial charge in [-0.2, -0.15) is 0 Å². The molecule has 0 aromatic heterocycles. The predicted molar refractivity (Wildman–Crippen MR) is 165 cm³/mol. The van der Waals surface area contributed by atoms with Crippen LogP contribution in [0, 0.1) is 17.8 Å². The zero-order valence-corrected chi connectivity index (χ0v) is 26.9. The van der Waals surface area contributed by atoms with Gasteiger partial charge in [0.05, 0.1) is 32.1 Å². The molecule has 0 radical (unpaired) electrons. The average molecular weight is 582 g/mol. The van der Waals surface area contributed by atoms with Crippen LogP contribution in [-0.4, -0.2) is 58.8 Å². The van der Waals surface area contributed by atoms with E-state index in [1.165, 1.54) is 64.2 Å². The van der Waals surface area contributed by atoms with Crippen LogP contribution in [0.2, 0.25) is 0 Å². The minimum Gasteiger partial charge on any atom is -0.550 e. The quantitative estimate of drug-likeness (QED) is 0.0547. The fourth-order valence-corrected chi connectivity index (χ4v) is 5.91. The van der Waals surface area contributed by atoms with Crippen LogP contribution in [0.5, 0.6) is 0 Å². The van der Waals surface area contributed by atoms with Crippen LogP contribution < -0.4 is 5.11 Å². The number of carbonyl (C=O) groups is 3. The van der Waals surface area contributed by atoms with Crippen molar-refractivity contribution >= 4 is 17.9 Å². The van der Waals surface area contributed by atoms with E-state index in [-0.39, 0.29) is 24.1 Å². The van der Waals surface area contributed by atoms with E-state index in [0.717, 1.165) is 32.1 Å². The summed E-state index contributed by atoms with van der Waals surface area (Å²) in [5.74, 6) is -4.99. The Labute approximate surface area is 251 Å². The van der Waals surface area contributed by atoms with Crippen molar-refractivity contribution in [1.29, 1.82) is 0 Å². The Hall–Kier alpha value is -1.89. The topological polar surface area (TPSA) is 115 Å². The Kier molecular flexibility index (Phi) is 23.5. The van der Waals surface area contributed by atoms with Crippen LogP contribution in [0.1, 0.15) is 143 Å². The van der Waals surface area contributed by atoms with Crippen LogP contribution in [-0.2, 0) is 14.4 Å². The first-order valence-corrected chi connectivity index (χ1v) is 16.8. The first kappa shape index (κ1) is 39.1. The first-order chi connectivity index (χ1) is 19.7. The summed E-state index contributed by atoms with van der Waals surface area (Å²) in [6.45, 7) is 8.98. The second-order valence-corrected chi connectivity index (χ2v) is 12.2. The highest BCUT2D eigenvalue weighted by atomic mass is 16.4. The van der Waals surface area contributed by atoms with E-state index < -0.39 is 35.7 Å². The molecular weight excluding hydrogens is 518 g/mol. The molecule has 3 unspecified atom stereocenters. The van der Waals surface area contributed by atoms with E-state index in [1.54, 1.807) is 6.92 Å². The van der Waals surface area contributed by atoms with Crippen molar-refractivity contribution in [3.63, 3.8) is 0 Å². The molecule has 0 aliphatic heterocycles. The lowest BCUT2D eigenvalue weighted by atomic mass is 9.95. The van der Waals surface area contributed by atoms with Crippen molar-refractivity contribution in [2.75, 3.05) is 26.2 Å². The zero-order chi connectivity index (χ0) is 30.9. The molecule has 0 aromatic rings. The van der Waals surface area contributed by atoms with Crippen molar-refractivity contribution in [3.8, 4) is 0 Å². The maximum atomic E-state index is 12.0.